The van der Waals surface area contributed by atoms with Crippen molar-refractivity contribution in [2.45, 2.75) is 5.41 Å². The average Bonchev–Trinajstić information content (AvgIpc) is 3.64. The maximum atomic E-state index is 15.2. The molecule has 8 heteroatoms. The standard InChI is InChI=1S/C48H27F6NSi/c49-30-18-31(50)22-37(21-30)56(38-23-32(51)19-33(52)24-38,39-25-34(53)20-35(54)26-39)36-7-5-6-28(16-36)29-12-13-42-43-27-55-15-14-46(43)48(47(42)17-29)44-10-3-1-8-40(44)41-9-2-4-11-45(41)48/h1-27H. The van der Waals surface area contributed by atoms with Crippen LogP contribution in [-0.2, 0) is 5.41 Å². The summed E-state index contributed by atoms with van der Waals surface area (Å²) in [4.78, 5) is 4.51. The minimum atomic E-state index is -4.30. The first-order valence-corrected chi connectivity index (χ1v) is 20.0. The predicted molar refractivity (Wildman–Crippen MR) is 209 cm³/mol. The summed E-state index contributed by atoms with van der Waals surface area (Å²) in [7, 11) is -4.30. The lowest BCUT2D eigenvalue weighted by molar-refractivity contribution is 0.585. The second kappa shape index (κ2) is 12.5. The van der Waals surface area contributed by atoms with Crippen molar-refractivity contribution in [1.82, 2.24) is 4.98 Å². The molecule has 0 unspecified atom stereocenters. The Labute approximate surface area is 319 Å². The molecule has 270 valence electrons. The van der Waals surface area contributed by atoms with Crippen LogP contribution in [0.5, 0.6) is 0 Å². The van der Waals surface area contributed by atoms with E-state index in [0.717, 1.165) is 86.5 Å². The lowest BCUT2D eigenvalue weighted by atomic mass is 9.70. The largest absolute Gasteiger partial charge is 0.264 e. The third kappa shape index (κ3) is 4.85. The number of benzene rings is 7. The Hall–Kier alpha value is -6.51. The van der Waals surface area contributed by atoms with E-state index in [1.807, 2.05) is 48.8 Å². The van der Waals surface area contributed by atoms with Gasteiger partial charge in [0.25, 0.3) is 0 Å². The average molecular weight is 760 g/mol. The van der Waals surface area contributed by atoms with Crippen molar-refractivity contribution in [1.29, 1.82) is 0 Å². The predicted octanol–water partition coefficient (Wildman–Crippen LogP) is 9.30. The van der Waals surface area contributed by atoms with Gasteiger partial charge in [0.15, 0.2) is 8.07 Å². The zero-order valence-corrected chi connectivity index (χ0v) is 30.3. The molecule has 0 amide bonds. The molecule has 0 atom stereocenters. The van der Waals surface area contributed by atoms with Gasteiger partial charge in [-0.2, -0.15) is 0 Å². The second-order valence-electron chi connectivity index (χ2n) is 14.3. The van der Waals surface area contributed by atoms with E-state index >= 15 is 26.3 Å². The molecular formula is C48H27F6NSi. The van der Waals surface area contributed by atoms with Crippen LogP contribution >= 0.6 is 0 Å². The fraction of sp³-hybridized carbons (Fsp3) is 0.0208. The van der Waals surface area contributed by atoms with Gasteiger partial charge in [0, 0.05) is 36.2 Å². The molecule has 7 aromatic carbocycles. The Morgan fingerprint density at radius 3 is 1.36 bits per heavy atom. The minimum Gasteiger partial charge on any atom is -0.264 e. The molecule has 0 saturated carbocycles. The normalized spacial score (nSPS) is 13.3. The van der Waals surface area contributed by atoms with Gasteiger partial charge in [0.1, 0.15) is 34.9 Å². The molecule has 0 fully saturated rings. The van der Waals surface area contributed by atoms with Gasteiger partial charge in [-0.3, -0.25) is 4.98 Å². The van der Waals surface area contributed by atoms with Crippen LogP contribution in [0.25, 0.3) is 33.4 Å². The topological polar surface area (TPSA) is 12.9 Å². The van der Waals surface area contributed by atoms with Crippen molar-refractivity contribution in [3.05, 3.63) is 221 Å². The van der Waals surface area contributed by atoms with Crippen LogP contribution in [-0.4, -0.2) is 13.1 Å². The summed E-state index contributed by atoms with van der Waals surface area (Å²) < 4.78 is 91.5. The van der Waals surface area contributed by atoms with E-state index in [9.17, 15) is 0 Å². The third-order valence-corrected chi connectivity index (χ3v) is 16.0. The van der Waals surface area contributed by atoms with Gasteiger partial charge in [-0.25, -0.2) is 26.3 Å². The molecule has 2 aliphatic rings. The quantitative estimate of drug-likeness (QED) is 0.0969. The lowest BCUT2D eigenvalue weighted by Gasteiger charge is -2.35. The van der Waals surface area contributed by atoms with Crippen LogP contribution < -0.4 is 20.7 Å². The number of nitrogens with zero attached hydrogens (tertiary/aromatic N) is 1. The molecule has 0 radical (unpaired) electrons. The SMILES string of the molecule is Fc1cc(F)cc([Si](c2cc(F)cc(F)c2)(c2cc(F)cc(F)c2)c2cccc(-c3ccc4c(c3)C3(c5ccccc5-c5ccccc53)c3ccncc3-4)c2)c1. The Bertz CT molecular complexity index is 2670. The number of hydrogen-bond acceptors (Lipinski definition) is 1. The van der Waals surface area contributed by atoms with E-state index in [1.54, 1.807) is 18.2 Å². The molecule has 1 heterocycles. The molecule has 0 bridgehead atoms. The number of aromatic nitrogens is 1. The highest BCUT2D eigenvalue weighted by atomic mass is 28.3. The van der Waals surface area contributed by atoms with E-state index in [0.29, 0.717) is 28.9 Å². The first-order valence-electron chi connectivity index (χ1n) is 18.0. The number of halogens is 6. The van der Waals surface area contributed by atoms with Crippen molar-refractivity contribution >= 4 is 28.8 Å². The van der Waals surface area contributed by atoms with Crippen LogP contribution in [0.2, 0.25) is 0 Å². The first-order chi connectivity index (χ1) is 27.2. The molecule has 1 spiro atoms. The first kappa shape index (κ1) is 34.0. The molecule has 10 rings (SSSR count). The van der Waals surface area contributed by atoms with Crippen molar-refractivity contribution in [2.75, 3.05) is 0 Å². The van der Waals surface area contributed by atoms with Gasteiger partial charge >= 0.3 is 0 Å². The fourth-order valence-corrected chi connectivity index (χ4v) is 14.3. The molecular weight excluding hydrogens is 733 g/mol. The fourth-order valence-electron chi connectivity index (χ4n) is 9.41. The summed E-state index contributed by atoms with van der Waals surface area (Å²) in [6, 6.07) is 40.6. The smallest absolute Gasteiger partial charge is 0.180 e. The number of rotatable bonds is 5. The molecule has 0 saturated heterocycles. The van der Waals surface area contributed by atoms with Crippen molar-refractivity contribution in [3.8, 4) is 33.4 Å². The van der Waals surface area contributed by atoms with Gasteiger partial charge in [0.05, 0.1) is 5.41 Å². The van der Waals surface area contributed by atoms with Crippen molar-refractivity contribution in [2.24, 2.45) is 0 Å². The zero-order chi connectivity index (χ0) is 38.3. The molecule has 0 N–H and O–H groups in total. The summed E-state index contributed by atoms with van der Waals surface area (Å²) in [6.45, 7) is 0. The van der Waals surface area contributed by atoms with Gasteiger partial charge in [0.2, 0.25) is 0 Å². The van der Waals surface area contributed by atoms with Crippen molar-refractivity contribution in [3.63, 3.8) is 0 Å². The highest BCUT2D eigenvalue weighted by Gasteiger charge is 2.52. The summed E-state index contributed by atoms with van der Waals surface area (Å²) in [5, 5.41) is 0.431. The minimum absolute atomic E-state index is 0.0113. The van der Waals surface area contributed by atoms with Crippen LogP contribution in [0.4, 0.5) is 26.3 Å². The molecule has 1 aromatic heterocycles. The van der Waals surface area contributed by atoms with E-state index in [1.165, 1.54) is 0 Å². The van der Waals surface area contributed by atoms with E-state index < -0.39 is 48.4 Å². The molecule has 56 heavy (non-hydrogen) atoms. The molecule has 0 aliphatic heterocycles. The Kier molecular flexibility index (Phi) is 7.60. The number of hydrogen-bond donors (Lipinski definition) is 0. The zero-order valence-electron chi connectivity index (χ0n) is 29.3. The van der Waals surface area contributed by atoms with E-state index in [2.05, 4.69) is 47.4 Å². The van der Waals surface area contributed by atoms with Crippen LogP contribution in [0.1, 0.15) is 22.3 Å². The monoisotopic (exact) mass is 759 g/mol. The second-order valence-corrected chi connectivity index (χ2v) is 18.1. The molecule has 8 aromatic rings. The van der Waals surface area contributed by atoms with Gasteiger partial charge < -0.3 is 0 Å². The summed E-state index contributed by atoms with van der Waals surface area (Å²) in [6.07, 6.45) is 3.70. The highest BCUT2D eigenvalue weighted by molar-refractivity contribution is 7.20. The Morgan fingerprint density at radius 2 is 0.821 bits per heavy atom. The van der Waals surface area contributed by atoms with E-state index in [4.69, 9.17) is 0 Å². The maximum absolute atomic E-state index is 15.2. The van der Waals surface area contributed by atoms with Crippen LogP contribution in [0, 0.1) is 34.9 Å². The Morgan fingerprint density at radius 1 is 0.357 bits per heavy atom. The van der Waals surface area contributed by atoms with Gasteiger partial charge in [-0.15, -0.1) is 0 Å². The van der Waals surface area contributed by atoms with Crippen LogP contribution in [0.3, 0.4) is 0 Å². The molecule has 2 aliphatic carbocycles. The summed E-state index contributed by atoms with van der Waals surface area (Å²) in [5.41, 5.74) is 9.51. The lowest BCUT2D eigenvalue weighted by Crippen LogP contribution is -2.75. The number of pyridine rings is 1. The third-order valence-electron chi connectivity index (χ3n) is 11.4. The summed E-state index contributed by atoms with van der Waals surface area (Å²) in [5.74, 6) is -5.68. The van der Waals surface area contributed by atoms with E-state index in [-0.39, 0.29) is 15.6 Å². The Balaban J connectivity index is 1.26. The van der Waals surface area contributed by atoms with Crippen LogP contribution in [0.15, 0.2) is 164 Å². The van der Waals surface area contributed by atoms with Gasteiger partial charge in [-0.1, -0.05) is 84.9 Å². The highest BCUT2D eigenvalue weighted by Crippen LogP contribution is 2.62. The van der Waals surface area contributed by atoms with Crippen molar-refractivity contribution < 1.29 is 26.3 Å². The maximum Gasteiger partial charge on any atom is 0.180 e. The number of fused-ring (bicyclic) bond motifs is 10. The molecule has 1 nitrogen and oxygen atoms in total. The van der Waals surface area contributed by atoms with Gasteiger partial charge in [-0.05, 0) is 119 Å². The summed E-state index contributed by atoms with van der Waals surface area (Å²) >= 11 is 0.